The van der Waals surface area contributed by atoms with Crippen molar-refractivity contribution in [3.63, 3.8) is 0 Å². The number of ether oxygens (including phenoxy) is 2. The summed E-state index contributed by atoms with van der Waals surface area (Å²) in [7, 11) is 1.47. The van der Waals surface area contributed by atoms with Gasteiger partial charge in [-0.15, -0.1) is 0 Å². The number of anilines is 1. The molecule has 0 fully saturated rings. The van der Waals surface area contributed by atoms with Crippen LogP contribution < -0.4 is 10.1 Å². The van der Waals surface area contributed by atoms with Crippen molar-refractivity contribution in [2.24, 2.45) is 0 Å². The molecule has 3 aromatic carbocycles. The second-order valence-electron chi connectivity index (χ2n) is 7.18. The summed E-state index contributed by atoms with van der Waals surface area (Å²) in [6.07, 6.45) is 0. The molecule has 0 radical (unpaired) electrons. The molecular formula is C25H24N2O5. The maximum Gasteiger partial charge on any atom is 0.338 e. The standard InChI is InChI=1S/C25H24N2O5/c1-18-11-13-20(14-12-18)26-23(28)16-27(2)24(29)17-31-25(30)19-7-6-10-22(15-19)32-21-8-4-3-5-9-21/h3-15H,16-17H2,1-2H3,(H,26,28). The van der Waals surface area contributed by atoms with Crippen LogP contribution >= 0.6 is 0 Å². The van der Waals surface area contributed by atoms with E-state index < -0.39 is 18.5 Å². The minimum absolute atomic E-state index is 0.162. The van der Waals surface area contributed by atoms with Crippen LogP contribution in [0.1, 0.15) is 15.9 Å². The average molecular weight is 432 g/mol. The van der Waals surface area contributed by atoms with Gasteiger partial charge in [0.1, 0.15) is 11.5 Å². The van der Waals surface area contributed by atoms with Crippen molar-refractivity contribution in [1.29, 1.82) is 0 Å². The number of nitrogens with one attached hydrogen (secondary N) is 1. The summed E-state index contributed by atoms with van der Waals surface area (Å²) in [4.78, 5) is 37.9. The van der Waals surface area contributed by atoms with Gasteiger partial charge in [-0.2, -0.15) is 0 Å². The van der Waals surface area contributed by atoms with E-state index in [1.807, 2.05) is 37.3 Å². The first-order valence-corrected chi connectivity index (χ1v) is 10.0. The van der Waals surface area contributed by atoms with Gasteiger partial charge in [0.2, 0.25) is 5.91 Å². The van der Waals surface area contributed by atoms with Crippen molar-refractivity contribution in [3.05, 3.63) is 90.0 Å². The van der Waals surface area contributed by atoms with Crippen LogP contribution in [-0.4, -0.2) is 42.9 Å². The highest BCUT2D eigenvalue weighted by atomic mass is 16.5. The second-order valence-corrected chi connectivity index (χ2v) is 7.18. The van der Waals surface area contributed by atoms with E-state index in [4.69, 9.17) is 9.47 Å². The van der Waals surface area contributed by atoms with Crippen LogP contribution in [0, 0.1) is 6.92 Å². The van der Waals surface area contributed by atoms with E-state index in [2.05, 4.69) is 5.32 Å². The summed E-state index contributed by atoms with van der Waals surface area (Å²) < 4.78 is 10.8. The number of hydrogen-bond acceptors (Lipinski definition) is 5. The Morgan fingerprint density at radius 1 is 0.875 bits per heavy atom. The fraction of sp³-hybridized carbons (Fsp3) is 0.160. The molecular weight excluding hydrogens is 408 g/mol. The third kappa shape index (κ3) is 6.70. The van der Waals surface area contributed by atoms with E-state index >= 15 is 0 Å². The predicted molar refractivity (Wildman–Crippen MR) is 121 cm³/mol. The SMILES string of the molecule is Cc1ccc(NC(=O)CN(C)C(=O)COC(=O)c2cccc(Oc3ccccc3)c2)cc1. The molecule has 0 aliphatic heterocycles. The minimum Gasteiger partial charge on any atom is -0.457 e. The molecule has 0 aromatic heterocycles. The van der Waals surface area contributed by atoms with Gasteiger partial charge in [-0.25, -0.2) is 4.79 Å². The van der Waals surface area contributed by atoms with Gasteiger partial charge in [-0.3, -0.25) is 9.59 Å². The number of para-hydroxylation sites is 1. The zero-order valence-electron chi connectivity index (χ0n) is 17.9. The van der Waals surface area contributed by atoms with Gasteiger partial charge in [0.05, 0.1) is 12.1 Å². The minimum atomic E-state index is -0.658. The fourth-order valence-electron chi connectivity index (χ4n) is 2.77. The topological polar surface area (TPSA) is 84.9 Å². The highest BCUT2D eigenvalue weighted by Gasteiger charge is 2.16. The molecule has 32 heavy (non-hydrogen) atoms. The molecule has 164 valence electrons. The van der Waals surface area contributed by atoms with Crippen molar-refractivity contribution in [3.8, 4) is 11.5 Å². The van der Waals surface area contributed by atoms with Crippen molar-refractivity contribution in [2.75, 3.05) is 25.5 Å². The number of carbonyl (C=O) groups is 3. The van der Waals surface area contributed by atoms with E-state index in [0.717, 1.165) is 5.56 Å². The number of nitrogens with zero attached hydrogens (tertiary/aromatic N) is 1. The molecule has 1 N–H and O–H groups in total. The predicted octanol–water partition coefficient (Wildman–Crippen LogP) is 4.04. The van der Waals surface area contributed by atoms with Crippen LogP contribution in [0.2, 0.25) is 0 Å². The highest BCUT2D eigenvalue weighted by molar-refractivity contribution is 5.95. The summed E-state index contributed by atoms with van der Waals surface area (Å²) in [6.45, 7) is 1.31. The molecule has 0 spiro atoms. The van der Waals surface area contributed by atoms with Crippen LogP contribution in [0.5, 0.6) is 11.5 Å². The Labute approximate surface area is 186 Å². The van der Waals surface area contributed by atoms with E-state index in [-0.39, 0.29) is 18.0 Å². The summed E-state index contributed by atoms with van der Waals surface area (Å²) in [5.74, 6) is -0.383. The molecule has 3 aromatic rings. The molecule has 0 saturated carbocycles. The van der Waals surface area contributed by atoms with E-state index in [9.17, 15) is 14.4 Å². The highest BCUT2D eigenvalue weighted by Crippen LogP contribution is 2.22. The Morgan fingerprint density at radius 3 is 2.28 bits per heavy atom. The Bertz CT molecular complexity index is 1080. The normalized spacial score (nSPS) is 10.2. The molecule has 7 nitrogen and oxygen atoms in total. The number of esters is 1. The lowest BCUT2D eigenvalue weighted by atomic mass is 10.2. The quantitative estimate of drug-likeness (QED) is 0.543. The molecule has 0 aliphatic carbocycles. The van der Waals surface area contributed by atoms with Gasteiger partial charge in [0.15, 0.2) is 6.61 Å². The molecule has 3 rings (SSSR count). The smallest absolute Gasteiger partial charge is 0.338 e. The monoisotopic (exact) mass is 432 g/mol. The van der Waals surface area contributed by atoms with Gasteiger partial charge in [0.25, 0.3) is 5.91 Å². The van der Waals surface area contributed by atoms with Crippen LogP contribution in [0.3, 0.4) is 0 Å². The number of benzene rings is 3. The number of hydrogen-bond donors (Lipinski definition) is 1. The molecule has 0 atom stereocenters. The first-order valence-electron chi connectivity index (χ1n) is 10.0. The number of rotatable bonds is 8. The molecule has 0 bridgehead atoms. The Hall–Kier alpha value is -4.13. The molecule has 0 heterocycles. The lowest BCUT2D eigenvalue weighted by molar-refractivity contribution is -0.136. The largest absolute Gasteiger partial charge is 0.457 e. The lowest BCUT2D eigenvalue weighted by Crippen LogP contribution is -2.37. The van der Waals surface area contributed by atoms with Gasteiger partial charge in [-0.05, 0) is 49.4 Å². The van der Waals surface area contributed by atoms with E-state index in [1.54, 1.807) is 48.5 Å². The Balaban J connectivity index is 1.48. The van der Waals surface area contributed by atoms with Gasteiger partial charge < -0.3 is 19.7 Å². The summed E-state index contributed by atoms with van der Waals surface area (Å²) in [6, 6.07) is 23.0. The van der Waals surface area contributed by atoms with Crippen molar-refractivity contribution >= 4 is 23.5 Å². The fourth-order valence-corrected chi connectivity index (χ4v) is 2.77. The number of aryl methyl sites for hydroxylation is 1. The third-order valence-corrected chi connectivity index (χ3v) is 4.52. The Morgan fingerprint density at radius 2 is 1.56 bits per heavy atom. The average Bonchev–Trinajstić information content (AvgIpc) is 2.79. The zero-order chi connectivity index (χ0) is 22.9. The molecule has 0 saturated heterocycles. The third-order valence-electron chi connectivity index (χ3n) is 4.52. The summed E-state index contributed by atoms with van der Waals surface area (Å²) in [5, 5.41) is 2.72. The number of carbonyl (C=O) groups excluding carboxylic acids is 3. The molecule has 0 unspecified atom stereocenters. The van der Waals surface area contributed by atoms with Gasteiger partial charge in [0, 0.05) is 12.7 Å². The maximum absolute atomic E-state index is 12.3. The van der Waals surface area contributed by atoms with Crippen LogP contribution in [0.15, 0.2) is 78.9 Å². The second kappa shape index (κ2) is 10.8. The van der Waals surface area contributed by atoms with Crippen LogP contribution in [-0.2, 0) is 14.3 Å². The summed E-state index contributed by atoms with van der Waals surface area (Å²) in [5.41, 5.74) is 1.98. The first kappa shape index (κ1) is 22.6. The van der Waals surface area contributed by atoms with E-state index in [0.29, 0.717) is 17.2 Å². The van der Waals surface area contributed by atoms with Gasteiger partial charge in [-0.1, -0.05) is 42.0 Å². The number of likely N-dealkylation sites (N-methyl/N-ethyl adjacent to an activating group) is 1. The molecule has 0 aliphatic rings. The van der Waals surface area contributed by atoms with Crippen LogP contribution in [0.25, 0.3) is 0 Å². The number of amides is 2. The van der Waals surface area contributed by atoms with Crippen molar-refractivity contribution in [1.82, 2.24) is 4.90 Å². The zero-order valence-corrected chi connectivity index (χ0v) is 17.9. The summed E-state index contributed by atoms with van der Waals surface area (Å²) >= 11 is 0. The maximum atomic E-state index is 12.3. The van der Waals surface area contributed by atoms with Gasteiger partial charge >= 0.3 is 5.97 Å². The van der Waals surface area contributed by atoms with Crippen molar-refractivity contribution < 1.29 is 23.9 Å². The van der Waals surface area contributed by atoms with Crippen molar-refractivity contribution in [2.45, 2.75) is 6.92 Å². The lowest BCUT2D eigenvalue weighted by Gasteiger charge is -2.17. The molecule has 7 heteroatoms. The van der Waals surface area contributed by atoms with Crippen LogP contribution in [0.4, 0.5) is 5.69 Å². The Kier molecular flexibility index (Phi) is 7.59. The first-order chi connectivity index (χ1) is 15.4. The molecule has 2 amide bonds. The van der Waals surface area contributed by atoms with E-state index in [1.165, 1.54) is 11.9 Å².